The zero-order chi connectivity index (χ0) is 19.4. The number of ether oxygens (including phenoxy) is 1. The molecule has 0 bridgehead atoms. The van der Waals surface area contributed by atoms with Gasteiger partial charge in [-0.05, 0) is 51.2 Å². The minimum absolute atomic E-state index is 0.389. The molecule has 8 heteroatoms. The second kappa shape index (κ2) is 8.05. The van der Waals surface area contributed by atoms with E-state index in [1.165, 1.54) is 0 Å². The first-order valence-electron chi connectivity index (χ1n) is 8.34. The molecule has 2 aromatic heterocycles. The molecule has 2 heterocycles. The van der Waals surface area contributed by atoms with E-state index in [0.29, 0.717) is 5.11 Å². The Morgan fingerprint density at radius 3 is 2.78 bits per heavy atom. The number of anilines is 1. The van der Waals surface area contributed by atoms with Crippen molar-refractivity contribution in [3.05, 3.63) is 59.1 Å². The summed E-state index contributed by atoms with van der Waals surface area (Å²) in [4.78, 5) is 0. The molecule has 0 aliphatic heterocycles. The average Bonchev–Trinajstić information content (AvgIpc) is 3.18. The van der Waals surface area contributed by atoms with E-state index >= 15 is 0 Å². The van der Waals surface area contributed by atoms with Crippen molar-refractivity contribution in [3.8, 4) is 11.6 Å². The molecule has 0 atom stereocenters. The average molecular weight is 383 g/mol. The summed E-state index contributed by atoms with van der Waals surface area (Å²) in [5, 5.41) is 11.8. The lowest BCUT2D eigenvalue weighted by Crippen LogP contribution is -2.23. The summed E-state index contributed by atoms with van der Waals surface area (Å²) in [6.45, 7) is 5.88. The maximum absolute atomic E-state index is 5.27. The van der Waals surface area contributed by atoms with Crippen LogP contribution in [0.1, 0.15) is 22.7 Å². The Morgan fingerprint density at radius 1 is 1.26 bits per heavy atom. The van der Waals surface area contributed by atoms with Crippen molar-refractivity contribution < 1.29 is 9.26 Å². The Labute approximate surface area is 163 Å². The van der Waals surface area contributed by atoms with Gasteiger partial charge in [0.1, 0.15) is 11.5 Å². The van der Waals surface area contributed by atoms with Crippen LogP contribution in [0.2, 0.25) is 0 Å². The van der Waals surface area contributed by atoms with E-state index in [0.717, 1.165) is 40.0 Å². The molecule has 0 spiro atoms. The van der Waals surface area contributed by atoms with E-state index in [-0.39, 0.29) is 0 Å². The third kappa shape index (κ3) is 4.35. The van der Waals surface area contributed by atoms with E-state index in [4.69, 9.17) is 21.5 Å². The number of hydrogen-bond donors (Lipinski definition) is 2. The molecule has 140 valence electrons. The minimum Gasteiger partial charge on any atom is -0.497 e. The summed E-state index contributed by atoms with van der Waals surface area (Å²) in [7, 11) is 1.62. The van der Waals surface area contributed by atoms with E-state index < -0.39 is 0 Å². The fourth-order valence-corrected chi connectivity index (χ4v) is 2.92. The van der Waals surface area contributed by atoms with Crippen LogP contribution in [0, 0.1) is 20.8 Å². The molecule has 0 amide bonds. The molecule has 0 fully saturated rings. The van der Waals surface area contributed by atoms with Crippen LogP contribution in [0.5, 0.6) is 5.75 Å². The number of hydrazone groups is 1. The standard InChI is InChI=1S/C19H21N5O2S/c1-12-8-15(14(3)24(12)18-9-13(2)26-23-18)11-20-22-19(27)21-16-6-5-7-17(10-16)25-4/h5-11H,1-4H3,(H2,21,22,27)/b20-11-. The van der Waals surface area contributed by atoms with Crippen molar-refractivity contribution in [2.45, 2.75) is 20.8 Å². The van der Waals surface area contributed by atoms with Crippen molar-refractivity contribution in [2.24, 2.45) is 5.10 Å². The normalized spacial score (nSPS) is 11.0. The van der Waals surface area contributed by atoms with Crippen LogP contribution in [-0.4, -0.2) is 28.2 Å². The fourth-order valence-electron chi connectivity index (χ4n) is 2.75. The number of nitrogens with one attached hydrogen (secondary N) is 2. The van der Waals surface area contributed by atoms with Gasteiger partial charge in [-0.3, -0.25) is 9.99 Å². The number of hydrogen-bond acceptors (Lipinski definition) is 5. The Balaban J connectivity index is 1.67. The molecule has 0 saturated carbocycles. The molecule has 7 nitrogen and oxygen atoms in total. The second-order valence-electron chi connectivity index (χ2n) is 6.01. The van der Waals surface area contributed by atoms with Gasteiger partial charge in [0.05, 0.1) is 13.3 Å². The molecular weight excluding hydrogens is 362 g/mol. The summed E-state index contributed by atoms with van der Waals surface area (Å²) >= 11 is 5.27. The molecule has 1 aromatic carbocycles. The number of aromatic nitrogens is 2. The molecule has 3 rings (SSSR count). The topological polar surface area (TPSA) is 76.6 Å². The highest BCUT2D eigenvalue weighted by atomic mass is 32.1. The molecule has 3 aromatic rings. The minimum atomic E-state index is 0.389. The van der Waals surface area contributed by atoms with Crippen molar-refractivity contribution in [3.63, 3.8) is 0 Å². The quantitative estimate of drug-likeness (QED) is 0.397. The van der Waals surface area contributed by atoms with Crippen LogP contribution in [0.4, 0.5) is 5.69 Å². The first kappa shape index (κ1) is 18.7. The first-order chi connectivity index (χ1) is 13.0. The Bertz CT molecular complexity index is 990. The Morgan fingerprint density at radius 2 is 2.07 bits per heavy atom. The van der Waals surface area contributed by atoms with E-state index in [9.17, 15) is 0 Å². The van der Waals surface area contributed by atoms with Gasteiger partial charge in [-0.2, -0.15) is 5.10 Å². The van der Waals surface area contributed by atoms with Crippen LogP contribution in [0.25, 0.3) is 5.82 Å². The molecule has 0 unspecified atom stereocenters. The highest BCUT2D eigenvalue weighted by molar-refractivity contribution is 7.80. The first-order valence-corrected chi connectivity index (χ1v) is 8.75. The van der Waals surface area contributed by atoms with Crippen LogP contribution >= 0.6 is 12.2 Å². The zero-order valence-corrected chi connectivity index (χ0v) is 16.4. The maximum atomic E-state index is 5.27. The van der Waals surface area contributed by atoms with Gasteiger partial charge < -0.3 is 14.6 Å². The summed E-state index contributed by atoms with van der Waals surface area (Å²) in [5.41, 5.74) is 6.66. The van der Waals surface area contributed by atoms with Gasteiger partial charge in [-0.25, -0.2) is 0 Å². The van der Waals surface area contributed by atoms with Gasteiger partial charge in [0.15, 0.2) is 10.9 Å². The number of benzene rings is 1. The van der Waals surface area contributed by atoms with Gasteiger partial charge in [0.25, 0.3) is 0 Å². The molecule has 0 aliphatic rings. The molecule has 0 radical (unpaired) electrons. The highest BCUT2D eigenvalue weighted by Gasteiger charge is 2.12. The smallest absolute Gasteiger partial charge is 0.191 e. The lowest BCUT2D eigenvalue weighted by atomic mass is 10.3. The SMILES string of the molecule is COc1cccc(NC(=S)N/N=C\c2cc(C)n(-c3cc(C)on3)c2C)c1. The van der Waals surface area contributed by atoms with Crippen molar-refractivity contribution in [1.29, 1.82) is 0 Å². The van der Waals surface area contributed by atoms with E-state index in [1.54, 1.807) is 13.3 Å². The summed E-state index contributed by atoms with van der Waals surface area (Å²) in [5.74, 6) is 2.27. The fraction of sp³-hybridized carbons (Fsp3) is 0.211. The number of rotatable bonds is 5. The molecular formula is C19H21N5O2S. The number of thiocarbonyl (C=S) groups is 1. The lowest BCUT2D eigenvalue weighted by molar-refractivity contribution is 0.394. The van der Waals surface area contributed by atoms with Crippen LogP contribution in [0.15, 0.2) is 46.0 Å². The van der Waals surface area contributed by atoms with Crippen molar-refractivity contribution in [2.75, 3.05) is 12.4 Å². The zero-order valence-electron chi connectivity index (χ0n) is 15.6. The lowest BCUT2D eigenvalue weighted by Gasteiger charge is -2.08. The van der Waals surface area contributed by atoms with Crippen molar-refractivity contribution >= 4 is 29.2 Å². The summed E-state index contributed by atoms with van der Waals surface area (Å²) in [6, 6.07) is 11.4. The molecule has 0 saturated heterocycles. The van der Waals surface area contributed by atoms with E-state index in [2.05, 4.69) is 21.0 Å². The van der Waals surface area contributed by atoms with Gasteiger partial charge in [-0.1, -0.05) is 11.2 Å². The van der Waals surface area contributed by atoms with E-state index in [1.807, 2.05) is 61.7 Å². The predicted molar refractivity (Wildman–Crippen MR) is 110 cm³/mol. The maximum Gasteiger partial charge on any atom is 0.191 e. The second-order valence-corrected chi connectivity index (χ2v) is 6.42. The molecule has 0 aliphatic carbocycles. The highest BCUT2D eigenvalue weighted by Crippen LogP contribution is 2.19. The Hall–Kier alpha value is -3.13. The third-order valence-electron chi connectivity index (χ3n) is 4.01. The predicted octanol–water partition coefficient (Wildman–Crippen LogP) is 3.72. The van der Waals surface area contributed by atoms with Crippen LogP contribution < -0.4 is 15.5 Å². The Kier molecular flexibility index (Phi) is 5.56. The van der Waals surface area contributed by atoms with Gasteiger partial charge in [0.2, 0.25) is 0 Å². The number of nitrogens with zero attached hydrogens (tertiary/aromatic N) is 3. The van der Waals surface area contributed by atoms with Crippen LogP contribution in [-0.2, 0) is 0 Å². The van der Waals surface area contributed by atoms with Crippen molar-refractivity contribution in [1.82, 2.24) is 15.1 Å². The largest absolute Gasteiger partial charge is 0.497 e. The number of aryl methyl sites for hydroxylation is 2. The summed E-state index contributed by atoms with van der Waals surface area (Å²) in [6.07, 6.45) is 1.73. The number of methoxy groups -OCH3 is 1. The summed E-state index contributed by atoms with van der Waals surface area (Å²) < 4.78 is 12.4. The van der Waals surface area contributed by atoms with Gasteiger partial charge in [0, 0.05) is 34.8 Å². The molecule has 2 N–H and O–H groups in total. The van der Waals surface area contributed by atoms with Crippen LogP contribution in [0.3, 0.4) is 0 Å². The van der Waals surface area contributed by atoms with Gasteiger partial charge in [-0.15, -0.1) is 0 Å². The third-order valence-corrected chi connectivity index (χ3v) is 4.21. The monoisotopic (exact) mass is 383 g/mol. The van der Waals surface area contributed by atoms with Gasteiger partial charge >= 0.3 is 0 Å². The molecule has 27 heavy (non-hydrogen) atoms.